The molecule has 0 radical (unpaired) electrons. The molecular formula is C50H29N3OS. The van der Waals surface area contributed by atoms with E-state index in [4.69, 9.17) is 14.7 Å². The number of hydrogen-bond donors (Lipinski definition) is 0. The van der Waals surface area contributed by atoms with Gasteiger partial charge in [0, 0.05) is 48.3 Å². The molecule has 0 bridgehead atoms. The van der Waals surface area contributed by atoms with Crippen molar-refractivity contribution in [3.63, 3.8) is 0 Å². The van der Waals surface area contributed by atoms with Crippen molar-refractivity contribution in [2.75, 3.05) is 0 Å². The maximum atomic E-state index is 6.82. The summed E-state index contributed by atoms with van der Waals surface area (Å²) < 4.78 is 11.5. The van der Waals surface area contributed by atoms with Gasteiger partial charge >= 0.3 is 0 Å². The van der Waals surface area contributed by atoms with E-state index in [9.17, 15) is 0 Å². The second kappa shape index (κ2) is 11.7. The van der Waals surface area contributed by atoms with Crippen LogP contribution in [-0.4, -0.2) is 14.5 Å². The Labute approximate surface area is 320 Å². The first-order valence-electron chi connectivity index (χ1n) is 18.5. The molecule has 0 spiro atoms. The number of thiophene rings is 1. The maximum Gasteiger partial charge on any atom is 0.160 e. The van der Waals surface area contributed by atoms with Crippen molar-refractivity contribution < 1.29 is 4.74 Å². The minimum Gasteiger partial charge on any atom is -0.456 e. The molecule has 55 heavy (non-hydrogen) atoms. The summed E-state index contributed by atoms with van der Waals surface area (Å²) in [6.45, 7) is 0. The van der Waals surface area contributed by atoms with E-state index >= 15 is 0 Å². The van der Waals surface area contributed by atoms with Crippen LogP contribution < -0.4 is 4.74 Å². The molecule has 256 valence electrons. The van der Waals surface area contributed by atoms with Crippen molar-refractivity contribution in [3.05, 3.63) is 176 Å². The summed E-state index contributed by atoms with van der Waals surface area (Å²) in [7, 11) is 0. The van der Waals surface area contributed by atoms with Crippen molar-refractivity contribution in [2.45, 2.75) is 0 Å². The molecule has 4 nitrogen and oxygen atoms in total. The number of ether oxygens (including phenoxy) is 1. The second-order valence-electron chi connectivity index (χ2n) is 14.1. The lowest BCUT2D eigenvalue weighted by atomic mass is 9.93. The summed E-state index contributed by atoms with van der Waals surface area (Å²) >= 11 is 1.75. The molecule has 0 fully saturated rings. The Bertz CT molecular complexity index is 3310. The van der Waals surface area contributed by atoms with Crippen LogP contribution in [0.5, 0.6) is 11.5 Å². The standard InChI is InChI=1S/C50H29N3OS/c1-2-12-30(13-3-1)31-14-10-15-32(28-31)47-49-48(39-18-6-9-23-45(39)55-49)52-50(51-47)33-24-25-36-37-19-11-20-38-42(26-27-43(46(37)38)54-44(36)29-33)53-40-21-7-4-16-34(40)35-17-5-8-22-41(35)53/h1-29H. The van der Waals surface area contributed by atoms with Crippen LogP contribution in [0.2, 0.25) is 0 Å². The third-order valence-corrected chi connectivity index (χ3v) is 12.2. The highest BCUT2D eigenvalue weighted by molar-refractivity contribution is 7.26. The molecule has 4 heterocycles. The molecule has 0 saturated carbocycles. The molecule has 1 aliphatic rings. The van der Waals surface area contributed by atoms with Crippen LogP contribution in [0.15, 0.2) is 176 Å². The van der Waals surface area contributed by atoms with Gasteiger partial charge in [-0.25, -0.2) is 9.97 Å². The highest BCUT2D eigenvalue weighted by Crippen LogP contribution is 2.50. The van der Waals surface area contributed by atoms with E-state index in [0.717, 1.165) is 77.1 Å². The van der Waals surface area contributed by atoms with Gasteiger partial charge in [-0.1, -0.05) is 127 Å². The predicted molar refractivity (Wildman–Crippen MR) is 229 cm³/mol. The lowest BCUT2D eigenvalue weighted by Crippen LogP contribution is -2.01. The highest BCUT2D eigenvalue weighted by atomic mass is 32.1. The third-order valence-electron chi connectivity index (χ3n) is 11.0. The van der Waals surface area contributed by atoms with Gasteiger partial charge in [0.15, 0.2) is 5.82 Å². The van der Waals surface area contributed by atoms with Crippen molar-refractivity contribution in [3.8, 4) is 62.1 Å². The molecule has 0 amide bonds. The Hall–Kier alpha value is -7.08. The van der Waals surface area contributed by atoms with E-state index in [2.05, 4.69) is 180 Å². The molecule has 0 N–H and O–H groups in total. The van der Waals surface area contributed by atoms with E-state index in [1.807, 2.05) is 0 Å². The Kier molecular flexibility index (Phi) is 6.47. The van der Waals surface area contributed by atoms with Crippen LogP contribution in [0.4, 0.5) is 0 Å². The van der Waals surface area contributed by atoms with Crippen LogP contribution in [0.3, 0.4) is 0 Å². The number of para-hydroxylation sites is 2. The van der Waals surface area contributed by atoms with E-state index in [0.29, 0.717) is 5.82 Å². The van der Waals surface area contributed by atoms with E-state index < -0.39 is 0 Å². The molecule has 0 unspecified atom stereocenters. The van der Waals surface area contributed by atoms with Crippen LogP contribution in [0, 0.1) is 0 Å². The zero-order valence-corrected chi connectivity index (χ0v) is 30.2. The molecule has 0 saturated heterocycles. The van der Waals surface area contributed by atoms with Crippen molar-refractivity contribution in [1.82, 2.24) is 14.5 Å². The lowest BCUT2D eigenvalue weighted by Gasteiger charge is -2.23. The van der Waals surface area contributed by atoms with Gasteiger partial charge in [0.1, 0.15) is 11.5 Å². The maximum absolute atomic E-state index is 6.82. The van der Waals surface area contributed by atoms with Crippen molar-refractivity contribution in [1.29, 1.82) is 0 Å². The largest absolute Gasteiger partial charge is 0.456 e. The van der Waals surface area contributed by atoms with Gasteiger partial charge in [-0.15, -0.1) is 11.3 Å². The summed E-state index contributed by atoms with van der Waals surface area (Å²) in [6, 6.07) is 62.3. The summed E-state index contributed by atoms with van der Waals surface area (Å²) in [6.07, 6.45) is 0. The number of rotatable bonds is 4. The van der Waals surface area contributed by atoms with Crippen LogP contribution in [-0.2, 0) is 0 Å². The fourth-order valence-electron chi connectivity index (χ4n) is 8.52. The summed E-state index contributed by atoms with van der Waals surface area (Å²) in [5, 5.41) is 5.90. The zero-order valence-electron chi connectivity index (χ0n) is 29.4. The average molecular weight is 720 g/mol. The van der Waals surface area contributed by atoms with Crippen molar-refractivity contribution >= 4 is 64.2 Å². The average Bonchev–Trinajstić information content (AvgIpc) is 3.80. The molecule has 11 aromatic rings. The van der Waals surface area contributed by atoms with Crippen molar-refractivity contribution in [2.24, 2.45) is 0 Å². The van der Waals surface area contributed by atoms with Gasteiger partial charge in [-0.3, -0.25) is 0 Å². The first-order chi connectivity index (χ1) is 27.3. The summed E-state index contributed by atoms with van der Waals surface area (Å²) in [5.74, 6) is 2.32. The van der Waals surface area contributed by atoms with Gasteiger partial charge < -0.3 is 9.30 Å². The number of fused-ring (bicyclic) bond motifs is 8. The number of benzene rings is 8. The SMILES string of the molecule is c1ccc(-c2cccc(-c3nc(-c4ccc5c(c4)Oc4ccc(-n6c7ccccc7c7ccccc76)c6cccc-5c46)nc4c3sc3ccccc34)c2)cc1. The minimum atomic E-state index is 0.674. The highest BCUT2D eigenvalue weighted by Gasteiger charge is 2.25. The van der Waals surface area contributed by atoms with E-state index in [1.165, 1.54) is 32.1 Å². The van der Waals surface area contributed by atoms with Crippen LogP contribution in [0.25, 0.3) is 103 Å². The molecule has 0 aliphatic carbocycles. The topological polar surface area (TPSA) is 39.9 Å². The predicted octanol–water partition coefficient (Wildman–Crippen LogP) is 13.9. The minimum absolute atomic E-state index is 0.674. The van der Waals surface area contributed by atoms with E-state index in [-0.39, 0.29) is 0 Å². The van der Waals surface area contributed by atoms with Gasteiger partial charge in [0.2, 0.25) is 0 Å². The smallest absolute Gasteiger partial charge is 0.160 e. The quantitative estimate of drug-likeness (QED) is 0.182. The first-order valence-corrected chi connectivity index (χ1v) is 19.3. The van der Waals surface area contributed by atoms with Gasteiger partial charge in [-0.2, -0.15) is 0 Å². The molecule has 0 atom stereocenters. The molecule has 12 rings (SSSR count). The van der Waals surface area contributed by atoms with Gasteiger partial charge in [0.25, 0.3) is 0 Å². The van der Waals surface area contributed by atoms with Gasteiger partial charge in [-0.05, 0) is 65.2 Å². The first kappa shape index (κ1) is 30.4. The Morgan fingerprint density at radius 1 is 0.455 bits per heavy atom. The third kappa shape index (κ3) is 4.57. The normalized spacial score (nSPS) is 12.1. The lowest BCUT2D eigenvalue weighted by molar-refractivity contribution is 0.487. The van der Waals surface area contributed by atoms with Crippen LogP contribution in [0.1, 0.15) is 0 Å². The molecule has 8 aromatic carbocycles. The van der Waals surface area contributed by atoms with E-state index in [1.54, 1.807) is 11.3 Å². The molecule has 5 heteroatoms. The Morgan fingerprint density at radius 2 is 1.15 bits per heavy atom. The monoisotopic (exact) mass is 719 g/mol. The molecule has 3 aromatic heterocycles. The summed E-state index contributed by atoms with van der Waals surface area (Å²) in [4.78, 5) is 10.6. The number of nitrogens with zero attached hydrogens (tertiary/aromatic N) is 3. The number of aromatic nitrogens is 3. The second-order valence-corrected chi connectivity index (χ2v) is 15.2. The Morgan fingerprint density at radius 3 is 1.98 bits per heavy atom. The molecule has 1 aliphatic heterocycles. The zero-order chi connectivity index (χ0) is 36.0. The van der Waals surface area contributed by atoms with Gasteiger partial charge in [0.05, 0.1) is 32.6 Å². The number of hydrogen-bond acceptors (Lipinski definition) is 4. The van der Waals surface area contributed by atoms with Crippen LogP contribution >= 0.6 is 11.3 Å². The Balaban J connectivity index is 1.02. The summed E-state index contributed by atoms with van der Waals surface area (Å²) in [5.41, 5.74) is 11.9. The molecular weight excluding hydrogens is 691 g/mol. The fourth-order valence-corrected chi connectivity index (χ4v) is 9.68. The fraction of sp³-hybridized carbons (Fsp3) is 0.